The fraction of sp³-hybridized carbons (Fsp3) is 0.485. The predicted octanol–water partition coefficient (Wildman–Crippen LogP) is 0.846. The van der Waals surface area contributed by atoms with Crippen LogP contribution in [0.25, 0.3) is 11.1 Å². The quantitative estimate of drug-likeness (QED) is 0.0545. The SMILES string of the molecule is CC[C@H](C)[C@@H]1NC(=O)[C@@H](CCCCNC(=O)OCc2ccccc2)NC(=O)[C@H](CC(C)C)NC(=O)[C@H]([C@H](O)C(C)C)NC(=O)[C@@H](NC(=O)OCC2c3ccccc3-c3ccccc32)[C@@H](c2ccccc2)NC(=O)C(CO)NC(=O)[C@H](CO)NC(=O)CNC(=O)[C@H]([C@H](C)O)NC1=O. The van der Waals surface area contributed by atoms with Gasteiger partial charge in [-0.1, -0.05) is 157 Å². The van der Waals surface area contributed by atoms with Crippen molar-refractivity contribution >= 4 is 65.4 Å². The number of aliphatic hydroxyl groups is 4. The fourth-order valence-corrected chi connectivity index (χ4v) is 11.0. The van der Waals surface area contributed by atoms with Crippen LogP contribution in [0.15, 0.2) is 109 Å². The van der Waals surface area contributed by atoms with Gasteiger partial charge in [-0.25, -0.2) is 9.59 Å². The number of rotatable bonds is 20. The van der Waals surface area contributed by atoms with Gasteiger partial charge < -0.3 is 88.4 Å². The Bertz CT molecular complexity index is 3280. The molecule has 1 heterocycles. The van der Waals surface area contributed by atoms with Crippen molar-refractivity contribution in [3.05, 3.63) is 131 Å². The molecule has 15 N–H and O–H groups in total. The van der Waals surface area contributed by atoms with E-state index in [1.165, 1.54) is 45.0 Å². The van der Waals surface area contributed by atoms with Gasteiger partial charge in [0, 0.05) is 12.5 Å². The zero-order chi connectivity index (χ0) is 70.2. The van der Waals surface area contributed by atoms with Gasteiger partial charge in [-0.3, -0.25) is 43.2 Å². The number of hydrogen-bond donors (Lipinski definition) is 15. The van der Waals surface area contributed by atoms with Gasteiger partial charge in [-0.05, 0) is 83.7 Å². The topological polar surface area (TPSA) is 419 Å². The fourth-order valence-electron chi connectivity index (χ4n) is 11.0. The lowest BCUT2D eigenvalue weighted by Gasteiger charge is -2.33. The Hall–Kier alpha value is -9.51. The van der Waals surface area contributed by atoms with E-state index in [2.05, 4.69) is 58.5 Å². The highest BCUT2D eigenvalue weighted by atomic mass is 16.6. The minimum atomic E-state index is -2.00. The highest BCUT2D eigenvalue weighted by Gasteiger charge is 2.42. The van der Waals surface area contributed by atoms with Gasteiger partial charge >= 0.3 is 12.2 Å². The third-order valence-electron chi connectivity index (χ3n) is 16.6. The second kappa shape index (κ2) is 37.0. The molecule has 2 aliphatic rings. The van der Waals surface area contributed by atoms with Crippen LogP contribution >= 0.6 is 0 Å². The first-order valence-electron chi connectivity index (χ1n) is 32.2. The van der Waals surface area contributed by atoms with Crippen molar-refractivity contribution in [3.8, 4) is 11.1 Å². The first-order chi connectivity index (χ1) is 45.8. The smallest absolute Gasteiger partial charge is 0.407 e. The number of unbranched alkanes of at least 4 members (excludes halogenated alkanes) is 1. The molecule has 1 aliphatic carbocycles. The molecule has 28 heteroatoms. The Morgan fingerprint density at radius 1 is 0.542 bits per heavy atom. The zero-order valence-electron chi connectivity index (χ0n) is 54.9. The van der Waals surface area contributed by atoms with E-state index in [1.54, 1.807) is 58.0 Å². The van der Waals surface area contributed by atoms with Crippen LogP contribution in [-0.2, 0) is 59.2 Å². The zero-order valence-corrected chi connectivity index (χ0v) is 54.9. The number of fused-ring (bicyclic) bond motifs is 3. The minimum absolute atomic E-state index is 0.00139. The van der Waals surface area contributed by atoms with Crippen LogP contribution < -0.4 is 58.5 Å². The van der Waals surface area contributed by atoms with Gasteiger partial charge in [0.25, 0.3) is 0 Å². The number of hydrogen-bond acceptors (Lipinski definition) is 17. The molecular weight excluding hydrogens is 1240 g/mol. The van der Waals surface area contributed by atoms with E-state index in [-0.39, 0.29) is 63.3 Å². The molecule has 1 unspecified atom stereocenters. The standard InChI is InChI=1S/C68H91N11O17/c1-8-39(6)53-64(90)76-54(40(7)82)63(89)70-32-52(83)71-50(33-80)61(87)74-51(34-81)62(88)77-55(42-23-13-10-14-24-42)56(79-68(94)96-36-47-45-27-17-15-25-43(45)44-26-16-18-28-46(44)47)65(91)78-57(58(84)38(4)5)66(92)73-49(31-37(2)3)60(86)72-48(59(85)75-53)29-19-20-30-69-67(93)95-35-41-21-11-9-12-22-41/h9-18,21-28,37-40,47-51,53-58,80-82,84H,8,19-20,29-36H2,1-7H3,(H,69,93)(H,70,89)(H,71,83)(H,72,86)(H,73,92)(H,74,87)(H,75,85)(H,76,90)(H,77,88)(H,78,91)(H,79,94)/t39-,40-,48+,49-,50-,51?,53-,54-,55+,56-,57-,58+/m0/s1. The lowest BCUT2D eigenvalue weighted by atomic mass is 9.94. The predicted molar refractivity (Wildman–Crippen MR) is 350 cm³/mol. The summed E-state index contributed by atoms with van der Waals surface area (Å²) in [6.45, 7) is 7.72. The number of carbonyl (C=O) groups excluding carboxylic acids is 11. The molecule has 0 saturated carbocycles. The minimum Gasteiger partial charge on any atom is -0.449 e. The molecule has 11 amide bonds. The normalized spacial score (nSPS) is 23.2. The Kier molecular flexibility index (Phi) is 29.1. The van der Waals surface area contributed by atoms with E-state index in [1.807, 2.05) is 54.6 Å². The second-order valence-corrected chi connectivity index (χ2v) is 24.7. The van der Waals surface area contributed by atoms with Crippen molar-refractivity contribution in [1.82, 2.24) is 58.5 Å². The molecule has 0 radical (unpaired) electrons. The first-order valence-corrected chi connectivity index (χ1v) is 32.2. The molecule has 6 rings (SSSR count). The van der Waals surface area contributed by atoms with E-state index in [0.717, 1.165) is 27.8 Å². The van der Waals surface area contributed by atoms with Crippen molar-refractivity contribution in [2.45, 2.75) is 160 Å². The molecule has 12 atom stereocenters. The molecule has 4 aromatic rings. The molecule has 1 fully saturated rings. The highest BCUT2D eigenvalue weighted by molar-refractivity contribution is 5.99. The highest BCUT2D eigenvalue weighted by Crippen LogP contribution is 2.44. The molecule has 0 spiro atoms. The average molecular weight is 1330 g/mol. The number of nitrogens with one attached hydrogen (secondary N) is 11. The summed E-state index contributed by atoms with van der Waals surface area (Å²) in [5.74, 6) is -12.1. The number of benzene rings is 4. The largest absolute Gasteiger partial charge is 0.449 e. The van der Waals surface area contributed by atoms with Crippen molar-refractivity contribution in [2.24, 2.45) is 17.8 Å². The van der Waals surface area contributed by atoms with E-state index < -0.39 is 169 Å². The van der Waals surface area contributed by atoms with Gasteiger partial charge in [0.05, 0.1) is 38.0 Å². The molecule has 520 valence electrons. The van der Waals surface area contributed by atoms with Crippen LogP contribution in [0, 0.1) is 17.8 Å². The van der Waals surface area contributed by atoms with Crippen LogP contribution in [0.4, 0.5) is 9.59 Å². The molecule has 96 heavy (non-hydrogen) atoms. The number of alkyl carbamates (subject to hydrolysis) is 2. The molecule has 28 nitrogen and oxygen atoms in total. The van der Waals surface area contributed by atoms with Crippen LogP contribution in [0.3, 0.4) is 0 Å². The van der Waals surface area contributed by atoms with Crippen LogP contribution in [0.5, 0.6) is 0 Å². The number of aliphatic hydroxyl groups excluding tert-OH is 4. The van der Waals surface area contributed by atoms with Crippen LogP contribution in [0.2, 0.25) is 0 Å². The Morgan fingerprint density at radius 3 is 1.66 bits per heavy atom. The summed E-state index contributed by atoms with van der Waals surface area (Å²) in [5, 5.41) is 71.3. The maximum Gasteiger partial charge on any atom is 0.407 e. The molecule has 1 aliphatic heterocycles. The number of ether oxygens (including phenoxy) is 2. The van der Waals surface area contributed by atoms with Gasteiger partial charge in [-0.15, -0.1) is 0 Å². The Balaban J connectivity index is 1.39. The van der Waals surface area contributed by atoms with Gasteiger partial charge in [0.15, 0.2) is 0 Å². The van der Waals surface area contributed by atoms with Crippen molar-refractivity contribution < 1.29 is 82.6 Å². The maximum absolute atomic E-state index is 15.4. The maximum atomic E-state index is 15.4. The summed E-state index contributed by atoms with van der Waals surface area (Å²) in [7, 11) is 0. The summed E-state index contributed by atoms with van der Waals surface area (Å²) in [5.41, 5.74) is 4.39. The monoisotopic (exact) mass is 1330 g/mol. The third kappa shape index (κ3) is 21.5. The molecule has 1 saturated heterocycles. The van der Waals surface area contributed by atoms with E-state index >= 15 is 4.79 Å². The summed E-state index contributed by atoms with van der Waals surface area (Å²) in [4.78, 5) is 157. The number of amides is 11. The van der Waals surface area contributed by atoms with Crippen molar-refractivity contribution in [2.75, 3.05) is 32.9 Å². The molecule has 0 bridgehead atoms. The van der Waals surface area contributed by atoms with E-state index in [0.29, 0.717) is 0 Å². The summed E-state index contributed by atoms with van der Waals surface area (Å²) in [6, 6.07) is 16.0. The van der Waals surface area contributed by atoms with Crippen LogP contribution in [0.1, 0.15) is 115 Å². The lowest BCUT2D eigenvalue weighted by molar-refractivity contribution is -0.138. The van der Waals surface area contributed by atoms with Gasteiger partial charge in [0.2, 0.25) is 53.2 Å². The van der Waals surface area contributed by atoms with E-state index in [9.17, 15) is 68.4 Å². The lowest BCUT2D eigenvalue weighted by Crippen LogP contribution is -2.64. The summed E-state index contributed by atoms with van der Waals surface area (Å²) >= 11 is 0. The Morgan fingerprint density at radius 2 is 1.06 bits per heavy atom. The van der Waals surface area contributed by atoms with Gasteiger partial charge in [-0.2, -0.15) is 0 Å². The van der Waals surface area contributed by atoms with Crippen molar-refractivity contribution in [3.63, 3.8) is 0 Å². The summed E-state index contributed by atoms with van der Waals surface area (Å²) in [6.07, 6.45) is -4.85. The third-order valence-corrected chi connectivity index (χ3v) is 16.6. The molecule has 4 aromatic carbocycles. The molecule has 0 aromatic heterocycles. The van der Waals surface area contributed by atoms with Crippen LogP contribution in [-0.4, -0.2) is 179 Å². The number of carbonyl (C=O) groups is 11. The molecular formula is C68H91N11O17. The van der Waals surface area contributed by atoms with E-state index in [4.69, 9.17) is 9.47 Å². The first kappa shape index (κ1) is 75.5. The Labute approximate surface area is 557 Å². The van der Waals surface area contributed by atoms with Crippen molar-refractivity contribution in [1.29, 1.82) is 0 Å². The van der Waals surface area contributed by atoms with Gasteiger partial charge in [0.1, 0.15) is 61.5 Å². The summed E-state index contributed by atoms with van der Waals surface area (Å²) < 4.78 is 11.2. The second-order valence-electron chi connectivity index (χ2n) is 24.7. The average Bonchev–Trinajstić information content (AvgIpc) is 1.61.